The highest BCUT2D eigenvalue weighted by Crippen LogP contribution is 2.63. The number of thiazole rings is 1. The number of carbonyl (C=O) groups is 2. The SMILES string of the molecule is O=C/C=C/c1cccc(N(CC23CCC(c4nc5ccccc5s4)(CC2)C3)C(=O)C2CCCCC2)c1. The molecule has 1 aromatic heterocycles. The molecule has 0 saturated heterocycles. The molecule has 4 nitrogen and oxygen atoms in total. The Kier molecular flexibility index (Phi) is 6.28. The number of fused-ring (bicyclic) bond motifs is 3. The van der Waals surface area contributed by atoms with Crippen LogP contribution >= 0.6 is 11.3 Å². The summed E-state index contributed by atoms with van der Waals surface area (Å²) in [5.41, 5.74) is 3.36. The molecule has 1 heterocycles. The maximum Gasteiger partial charge on any atom is 0.230 e. The van der Waals surface area contributed by atoms with E-state index in [0.29, 0.717) is 5.91 Å². The van der Waals surface area contributed by atoms with Crippen LogP contribution in [0, 0.1) is 11.3 Å². The zero-order valence-electron chi connectivity index (χ0n) is 20.8. The summed E-state index contributed by atoms with van der Waals surface area (Å²) in [6.07, 6.45) is 15.5. The molecule has 3 aliphatic carbocycles. The number of aromatic nitrogens is 1. The third-order valence-corrected chi connectivity index (χ3v) is 10.3. The first-order valence-electron chi connectivity index (χ1n) is 13.5. The van der Waals surface area contributed by atoms with Crippen molar-refractivity contribution in [2.24, 2.45) is 11.3 Å². The van der Waals surface area contributed by atoms with Gasteiger partial charge in [-0.25, -0.2) is 4.98 Å². The number of hydrogen-bond acceptors (Lipinski definition) is 4. The molecule has 5 heteroatoms. The van der Waals surface area contributed by atoms with Crippen LogP contribution in [-0.4, -0.2) is 23.7 Å². The second kappa shape index (κ2) is 9.59. The Balaban J connectivity index is 1.30. The van der Waals surface area contributed by atoms with E-state index in [9.17, 15) is 9.59 Å². The predicted molar refractivity (Wildman–Crippen MR) is 147 cm³/mol. The molecule has 2 bridgehead atoms. The van der Waals surface area contributed by atoms with Crippen LogP contribution in [0.4, 0.5) is 5.69 Å². The van der Waals surface area contributed by atoms with Gasteiger partial charge in [-0.05, 0) is 86.3 Å². The van der Waals surface area contributed by atoms with E-state index in [-0.39, 0.29) is 16.7 Å². The quantitative estimate of drug-likeness (QED) is 0.253. The molecule has 0 radical (unpaired) electrons. The van der Waals surface area contributed by atoms with E-state index in [0.717, 1.165) is 74.5 Å². The summed E-state index contributed by atoms with van der Waals surface area (Å²) in [6.45, 7) is 0.788. The van der Waals surface area contributed by atoms with Gasteiger partial charge in [-0.2, -0.15) is 0 Å². The van der Waals surface area contributed by atoms with E-state index in [1.807, 2.05) is 29.5 Å². The van der Waals surface area contributed by atoms with Crippen LogP contribution in [-0.2, 0) is 15.0 Å². The lowest BCUT2D eigenvalue weighted by molar-refractivity contribution is -0.123. The molecule has 2 aromatic carbocycles. The Hall–Kier alpha value is -2.79. The van der Waals surface area contributed by atoms with Gasteiger partial charge >= 0.3 is 0 Å². The Morgan fingerprint density at radius 2 is 1.83 bits per heavy atom. The van der Waals surface area contributed by atoms with Gasteiger partial charge in [0.25, 0.3) is 0 Å². The average Bonchev–Trinajstić information content (AvgIpc) is 3.64. The van der Waals surface area contributed by atoms with E-state index >= 15 is 0 Å². The van der Waals surface area contributed by atoms with Crippen LogP contribution in [0.15, 0.2) is 54.6 Å². The van der Waals surface area contributed by atoms with Gasteiger partial charge in [-0.1, -0.05) is 49.6 Å². The first-order valence-corrected chi connectivity index (χ1v) is 14.3. The third kappa shape index (κ3) is 4.32. The van der Waals surface area contributed by atoms with Crippen molar-refractivity contribution in [3.8, 4) is 0 Å². The lowest BCUT2D eigenvalue weighted by atomic mass is 9.81. The van der Waals surface area contributed by atoms with E-state index in [4.69, 9.17) is 4.98 Å². The van der Waals surface area contributed by atoms with Crippen LogP contribution in [0.2, 0.25) is 0 Å². The summed E-state index contributed by atoms with van der Waals surface area (Å²) in [5.74, 6) is 0.422. The fourth-order valence-corrected chi connectivity index (χ4v) is 8.29. The number of nitrogens with zero attached hydrogens (tertiary/aromatic N) is 2. The first kappa shape index (κ1) is 23.6. The molecule has 3 aromatic rings. The van der Waals surface area contributed by atoms with Gasteiger partial charge in [-0.3, -0.25) is 9.59 Å². The molecule has 0 N–H and O–H groups in total. The Bertz CT molecular complexity index is 1260. The van der Waals surface area contributed by atoms with Crippen LogP contribution in [0.5, 0.6) is 0 Å². The van der Waals surface area contributed by atoms with E-state index in [2.05, 4.69) is 41.3 Å². The molecule has 3 fully saturated rings. The number of anilines is 1. The monoisotopic (exact) mass is 498 g/mol. The van der Waals surface area contributed by atoms with Gasteiger partial charge in [0, 0.05) is 23.6 Å². The number of benzene rings is 2. The largest absolute Gasteiger partial charge is 0.312 e. The molecular weight excluding hydrogens is 464 g/mol. The van der Waals surface area contributed by atoms with Crippen molar-refractivity contribution >= 4 is 45.5 Å². The van der Waals surface area contributed by atoms with Crippen LogP contribution in [0.3, 0.4) is 0 Å². The minimum Gasteiger partial charge on any atom is -0.312 e. The third-order valence-electron chi connectivity index (χ3n) is 8.99. The summed E-state index contributed by atoms with van der Waals surface area (Å²) in [4.78, 5) is 32.1. The molecule has 186 valence electrons. The van der Waals surface area contributed by atoms with Crippen molar-refractivity contribution in [2.45, 2.75) is 69.6 Å². The maximum absolute atomic E-state index is 14.0. The molecule has 6 rings (SSSR count). The first-order chi connectivity index (χ1) is 17.6. The van der Waals surface area contributed by atoms with Crippen LogP contribution in [0.25, 0.3) is 16.3 Å². The van der Waals surface area contributed by atoms with Crippen molar-refractivity contribution in [1.29, 1.82) is 0 Å². The topological polar surface area (TPSA) is 50.3 Å². The highest BCUT2D eigenvalue weighted by atomic mass is 32.1. The standard InChI is InChI=1S/C31H34N2O2S/c34-19-7-9-23-8-6-12-25(20-23)33(28(35)24-10-2-1-3-11-24)22-30-15-17-31(21-30,18-16-30)29-32-26-13-4-5-14-27(26)36-29/h4-9,12-14,19-20,24H,1-3,10-11,15-18,21-22H2/b9-7+. The molecule has 36 heavy (non-hydrogen) atoms. The van der Waals surface area contributed by atoms with Gasteiger partial charge in [0.05, 0.1) is 10.2 Å². The van der Waals surface area contributed by atoms with E-state index in [1.165, 1.54) is 35.0 Å². The van der Waals surface area contributed by atoms with E-state index in [1.54, 1.807) is 0 Å². The Labute approximate surface area is 217 Å². The second-order valence-corrected chi connectivity index (χ2v) is 12.3. The second-order valence-electron chi connectivity index (χ2n) is 11.3. The summed E-state index contributed by atoms with van der Waals surface area (Å²) in [6, 6.07) is 16.6. The van der Waals surface area contributed by atoms with Crippen molar-refractivity contribution in [2.75, 3.05) is 11.4 Å². The maximum atomic E-state index is 14.0. The Morgan fingerprint density at radius 3 is 2.61 bits per heavy atom. The van der Waals surface area contributed by atoms with Gasteiger partial charge in [0.2, 0.25) is 5.91 Å². The number of amides is 1. The van der Waals surface area contributed by atoms with Gasteiger partial charge < -0.3 is 4.90 Å². The normalized spacial score (nSPS) is 26.1. The molecular formula is C31H34N2O2S. The van der Waals surface area contributed by atoms with Crippen molar-refractivity contribution in [1.82, 2.24) is 4.98 Å². The van der Waals surface area contributed by atoms with Crippen molar-refractivity contribution in [3.05, 3.63) is 65.2 Å². The van der Waals surface area contributed by atoms with Gasteiger partial charge in [-0.15, -0.1) is 11.3 Å². The number of allylic oxidation sites excluding steroid dienone is 1. The lowest BCUT2D eigenvalue weighted by Gasteiger charge is -2.36. The molecule has 3 aliphatic rings. The molecule has 0 unspecified atom stereocenters. The number of hydrogen-bond donors (Lipinski definition) is 0. The van der Waals surface area contributed by atoms with Gasteiger partial charge in [0.15, 0.2) is 0 Å². The van der Waals surface area contributed by atoms with Crippen molar-refractivity contribution < 1.29 is 9.59 Å². The average molecular weight is 499 g/mol. The summed E-state index contributed by atoms with van der Waals surface area (Å²) < 4.78 is 1.28. The predicted octanol–water partition coefficient (Wildman–Crippen LogP) is 7.32. The zero-order valence-corrected chi connectivity index (χ0v) is 21.6. The minimum absolute atomic E-state index is 0.126. The summed E-state index contributed by atoms with van der Waals surface area (Å²) >= 11 is 1.87. The highest BCUT2D eigenvalue weighted by Gasteiger charge is 2.57. The number of rotatable bonds is 7. The summed E-state index contributed by atoms with van der Waals surface area (Å²) in [7, 11) is 0. The Morgan fingerprint density at radius 1 is 1.03 bits per heavy atom. The van der Waals surface area contributed by atoms with Crippen LogP contribution in [0.1, 0.15) is 74.8 Å². The van der Waals surface area contributed by atoms with E-state index < -0.39 is 0 Å². The summed E-state index contributed by atoms with van der Waals surface area (Å²) in [5, 5.41) is 1.30. The number of carbonyl (C=O) groups excluding carboxylic acids is 2. The number of aldehydes is 1. The molecule has 0 atom stereocenters. The molecule has 1 amide bonds. The fourth-order valence-electron chi connectivity index (χ4n) is 7.08. The lowest BCUT2D eigenvalue weighted by Crippen LogP contribution is -2.43. The van der Waals surface area contributed by atoms with Crippen molar-refractivity contribution in [3.63, 3.8) is 0 Å². The fraction of sp³-hybridized carbons (Fsp3) is 0.452. The smallest absolute Gasteiger partial charge is 0.230 e. The number of para-hydroxylation sites is 1. The zero-order chi connectivity index (χ0) is 24.6. The minimum atomic E-state index is 0.126. The molecule has 0 spiro atoms. The van der Waals surface area contributed by atoms with Crippen LogP contribution < -0.4 is 4.90 Å². The highest BCUT2D eigenvalue weighted by molar-refractivity contribution is 7.18. The molecule has 0 aliphatic heterocycles. The van der Waals surface area contributed by atoms with Gasteiger partial charge in [0.1, 0.15) is 11.3 Å². The molecule has 3 saturated carbocycles.